The lowest BCUT2D eigenvalue weighted by atomic mass is 10.1. The Morgan fingerprint density at radius 1 is 1.11 bits per heavy atom. The van der Waals surface area contributed by atoms with Crippen molar-refractivity contribution in [2.75, 3.05) is 4.90 Å². The van der Waals surface area contributed by atoms with Gasteiger partial charge in [-0.2, -0.15) is 5.26 Å². The lowest BCUT2D eigenvalue weighted by Gasteiger charge is -2.25. The van der Waals surface area contributed by atoms with Gasteiger partial charge in [-0.15, -0.1) is 0 Å². The minimum absolute atomic E-state index is 0.681. The number of hydrogen-bond acceptors (Lipinski definition) is 3. The van der Waals surface area contributed by atoms with E-state index in [0.717, 1.165) is 21.8 Å². The molecule has 0 N–H and O–H groups in total. The summed E-state index contributed by atoms with van der Waals surface area (Å²) in [5, 5.41) is 12.1. The van der Waals surface area contributed by atoms with Crippen molar-refractivity contribution in [2.24, 2.45) is 0 Å². The maximum absolute atomic E-state index is 9.43. The Morgan fingerprint density at radius 2 is 1.89 bits per heavy atom. The molecule has 92 valence electrons. The number of nitrogens with zero attached hydrogens (tertiary/aromatic N) is 2. The fraction of sp³-hybridized carbons (Fsp3) is 0. The Morgan fingerprint density at radius 3 is 2.63 bits per heavy atom. The van der Waals surface area contributed by atoms with Gasteiger partial charge in [-0.05, 0) is 23.8 Å². The molecule has 0 aromatic heterocycles. The van der Waals surface area contributed by atoms with Crippen LogP contribution in [0.4, 0.5) is 5.69 Å². The molecular weight excluding hydrogens is 276 g/mol. The lowest BCUT2D eigenvalue weighted by Crippen LogP contribution is -2.17. The molecule has 1 aliphatic rings. The van der Waals surface area contributed by atoms with Crippen molar-refractivity contribution in [3.63, 3.8) is 0 Å². The van der Waals surface area contributed by atoms with Gasteiger partial charge in [-0.25, -0.2) is 4.90 Å². The van der Waals surface area contributed by atoms with Gasteiger partial charge in [-0.3, -0.25) is 0 Å². The van der Waals surface area contributed by atoms with Gasteiger partial charge in [-0.1, -0.05) is 53.7 Å². The predicted molar refractivity (Wildman–Crippen MR) is 79.8 cm³/mol. The van der Waals surface area contributed by atoms with Crippen LogP contribution in [0.5, 0.6) is 0 Å². The topological polar surface area (TPSA) is 27.0 Å². The maximum atomic E-state index is 9.43. The second kappa shape index (κ2) is 5.00. The van der Waals surface area contributed by atoms with Crippen molar-refractivity contribution in [3.8, 4) is 6.19 Å². The van der Waals surface area contributed by atoms with Crippen molar-refractivity contribution in [3.05, 3.63) is 64.5 Å². The van der Waals surface area contributed by atoms with Crippen molar-refractivity contribution < 1.29 is 0 Å². The van der Waals surface area contributed by atoms with Crippen molar-refractivity contribution in [1.29, 1.82) is 5.26 Å². The van der Waals surface area contributed by atoms with E-state index in [1.165, 1.54) is 0 Å². The third-order valence-electron chi connectivity index (χ3n) is 2.87. The van der Waals surface area contributed by atoms with Gasteiger partial charge in [0.15, 0.2) is 6.19 Å². The first kappa shape index (κ1) is 12.2. The van der Waals surface area contributed by atoms with E-state index in [1.54, 1.807) is 22.7 Å². The normalized spacial score (nSPS) is 13.5. The SMILES string of the molecule is N#CN1C(c2ccccc2)=CSc2cc(Cl)ccc21. The number of halogens is 1. The van der Waals surface area contributed by atoms with Crippen LogP contribution in [0.15, 0.2) is 58.8 Å². The zero-order valence-electron chi connectivity index (χ0n) is 9.88. The predicted octanol–water partition coefficient (Wildman–Crippen LogP) is 4.73. The number of benzene rings is 2. The van der Waals surface area contributed by atoms with E-state index in [-0.39, 0.29) is 0 Å². The second-order valence-electron chi connectivity index (χ2n) is 4.03. The van der Waals surface area contributed by atoms with E-state index in [2.05, 4.69) is 6.19 Å². The van der Waals surface area contributed by atoms with Gasteiger partial charge in [0.25, 0.3) is 0 Å². The molecule has 0 spiro atoms. The van der Waals surface area contributed by atoms with Crippen LogP contribution >= 0.6 is 23.4 Å². The van der Waals surface area contributed by atoms with Crippen LogP contribution in [-0.4, -0.2) is 0 Å². The Balaban J connectivity index is 2.09. The summed E-state index contributed by atoms with van der Waals surface area (Å²) in [5.41, 5.74) is 2.79. The molecule has 0 fully saturated rings. The van der Waals surface area contributed by atoms with Gasteiger partial charge in [0.2, 0.25) is 0 Å². The molecule has 4 heteroatoms. The summed E-state index contributed by atoms with van der Waals surface area (Å²) >= 11 is 7.57. The standard InChI is InChI=1S/C15H9ClN2S/c16-12-6-7-13-15(8-12)19-9-14(18(13)10-17)11-4-2-1-3-5-11/h1-9H. The van der Waals surface area contributed by atoms with Gasteiger partial charge in [0, 0.05) is 15.3 Å². The first-order chi connectivity index (χ1) is 9.29. The average molecular weight is 285 g/mol. The highest BCUT2D eigenvalue weighted by Crippen LogP contribution is 2.42. The smallest absolute Gasteiger partial charge is 0.189 e. The fourth-order valence-corrected chi connectivity index (χ4v) is 3.17. The molecule has 0 aliphatic carbocycles. The monoisotopic (exact) mass is 284 g/mol. The van der Waals surface area contributed by atoms with E-state index in [0.29, 0.717) is 5.02 Å². The molecule has 3 rings (SSSR count). The van der Waals surface area contributed by atoms with Crippen LogP contribution in [0.1, 0.15) is 5.56 Å². The highest BCUT2D eigenvalue weighted by atomic mass is 35.5. The number of anilines is 1. The quantitative estimate of drug-likeness (QED) is 0.708. The van der Waals surface area contributed by atoms with Crippen LogP contribution in [0, 0.1) is 11.5 Å². The first-order valence-electron chi connectivity index (χ1n) is 5.71. The van der Waals surface area contributed by atoms with Gasteiger partial charge < -0.3 is 0 Å². The van der Waals surface area contributed by atoms with E-state index >= 15 is 0 Å². The molecule has 1 aliphatic heterocycles. The van der Waals surface area contributed by atoms with Crippen molar-refractivity contribution >= 4 is 34.7 Å². The summed E-state index contributed by atoms with van der Waals surface area (Å²) in [6.07, 6.45) is 2.24. The molecule has 0 radical (unpaired) electrons. The molecule has 1 heterocycles. The summed E-state index contributed by atoms with van der Waals surface area (Å²) in [4.78, 5) is 2.63. The van der Waals surface area contributed by atoms with Gasteiger partial charge >= 0.3 is 0 Å². The zero-order valence-corrected chi connectivity index (χ0v) is 11.4. The summed E-state index contributed by atoms with van der Waals surface area (Å²) in [7, 11) is 0. The third-order valence-corrected chi connectivity index (χ3v) is 4.03. The van der Waals surface area contributed by atoms with E-state index < -0.39 is 0 Å². The molecule has 19 heavy (non-hydrogen) atoms. The van der Waals surface area contributed by atoms with Crippen LogP contribution in [0.3, 0.4) is 0 Å². The number of nitriles is 1. The molecule has 0 unspecified atom stereocenters. The maximum Gasteiger partial charge on any atom is 0.189 e. The van der Waals surface area contributed by atoms with Gasteiger partial charge in [0.1, 0.15) is 0 Å². The van der Waals surface area contributed by atoms with E-state index in [1.807, 2.05) is 47.9 Å². The fourth-order valence-electron chi connectivity index (χ4n) is 1.98. The molecule has 2 aromatic carbocycles. The van der Waals surface area contributed by atoms with Crippen LogP contribution in [-0.2, 0) is 0 Å². The Bertz CT molecular complexity index is 689. The Hall–Kier alpha value is -1.89. The largest absolute Gasteiger partial charge is 0.245 e. The van der Waals surface area contributed by atoms with E-state index in [9.17, 15) is 5.26 Å². The third kappa shape index (κ3) is 2.21. The zero-order chi connectivity index (χ0) is 13.2. The molecule has 0 saturated carbocycles. The minimum atomic E-state index is 0.681. The van der Waals surface area contributed by atoms with E-state index in [4.69, 9.17) is 11.6 Å². The Labute approximate surface area is 120 Å². The molecule has 2 nitrogen and oxygen atoms in total. The van der Waals surface area contributed by atoms with Crippen LogP contribution in [0.25, 0.3) is 5.70 Å². The molecule has 0 bridgehead atoms. The molecule has 2 aromatic rings. The summed E-state index contributed by atoms with van der Waals surface area (Å²) < 4.78 is 0. The molecule has 0 saturated heterocycles. The Kier molecular flexibility index (Phi) is 3.20. The molecule has 0 amide bonds. The highest BCUT2D eigenvalue weighted by molar-refractivity contribution is 8.02. The number of hydrogen-bond donors (Lipinski definition) is 0. The highest BCUT2D eigenvalue weighted by Gasteiger charge is 2.21. The molecular formula is C15H9ClN2S. The summed E-state index contributed by atoms with van der Waals surface area (Å²) in [6.45, 7) is 0. The van der Waals surface area contributed by atoms with Gasteiger partial charge in [0.05, 0.1) is 11.4 Å². The van der Waals surface area contributed by atoms with Crippen LogP contribution < -0.4 is 4.90 Å². The second-order valence-corrected chi connectivity index (χ2v) is 5.38. The number of thioether (sulfide) groups is 1. The first-order valence-corrected chi connectivity index (χ1v) is 6.97. The van der Waals surface area contributed by atoms with Crippen LogP contribution in [0.2, 0.25) is 5.02 Å². The summed E-state index contributed by atoms with van der Waals surface area (Å²) in [6, 6.07) is 15.5. The number of rotatable bonds is 1. The summed E-state index contributed by atoms with van der Waals surface area (Å²) in [5.74, 6) is 0. The lowest BCUT2D eigenvalue weighted by molar-refractivity contribution is 1.23. The van der Waals surface area contributed by atoms with Crippen molar-refractivity contribution in [2.45, 2.75) is 4.90 Å². The average Bonchev–Trinajstić information content (AvgIpc) is 2.46. The minimum Gasteiger partial charge on any atom is -0.245 e. The number of fused-ring (bicyclic) bond motifs is 1. The molecule has 0 atom stereocenters. The van der Waals surface area contributed by atoms with Crippen molar-refractivity contribution in [1.82, 2.24) is 0 Å².